The molecule has 0 rings (SSSR count). The largest absolute Gasteiger partial charge is 0.396 e. The van der Waals surface area contributed by atoms with Gasteiger partial charge in [0.1, 0.15) is 0 Å². The van der Waals surface area contributed by atoms with E-state index in [-0.39, 0.29) is 12.7 Å². The summed E-state index contributed by atoms with van der Waals surface area (Å²) in [5.41, 5.74) is 0. The van der Waals surface area contributed by atoms with Gasteiger partial charge in [-0.3, -0.25) is 0 Å². The molecule has 0 amide bonds. The molecule has 2 unspecified atom stereocenters. The fourth-order valence-electron chi connectivity index (χ4n) is 3.18. The number of hydrogen-bond acceptors (Lipinski definition) is 3. The molecule has 0 saturated carbocycles. The third kappa shape index (κ3) is 21.9. The van der Waals surface area contributed by atoms with Crippen LogP contribution in [0, 0.1) is 0 Å². The van der Waals surface area contributed by atoms with E-state index in [4.69, 9.17) is 14.6 Å². The first-order valence-corrected chi connectivity index (χ1v) is 11.4. The van der Waals surface area contributed by atoms with Crippen LogP contribution in [0.15, 0.2) is 0 Å². The molecule has 0 spiro atoms. The van der Waals surface area contributed by atoms with Gasteiger partial charge >= 0.3 is 0 Å². The Morgan fingerprint density at radius 1 is 0.538 bits per heavy atom. The molecule has 0 heterocycles. The van der Waals surface area contributed by atoms with Crippen LogP contribution in [0.4, 0.5) is 0 Å². The van der Waals surface area contributed by atoms with E-state index in [1.807, 2.05) is 7.11 Å². The summed E-state index contributed by atoms with van der Waals surface area (Å²) in [5.74, 6) is 0. The Morgan fingerprint density at radius 2 is 0.962 bits per heavy atom. The van der Waals surface area contributed by atoms with Gasteiger partial charge in [-0.1, -0.05) is 91.4 Å². The Morgan fingerprint density at radius 3 is 1.31 bits per heavy atom. The minimum absolute atomic E-state index is 0.244. The zero-order chi connectivity index (χ0) is 19.9. The highest BCUT2D eigenvalue weighted by atomic mass is 16.5. The monoisotopic (exact) mass is 374 g/mol. The topological polar surface area (TPSA) is 38.7 Å². The van der Waals surface area contributed by atoms with Gasteiger partial charge in [0, 0.05) is 20.8 Å². The maximum atomic E-state index is 8.73. The van der Waals surface area contributed by atoms with E-state index in [0.717, 1.165) is 12.8 Å². The van der Waals surface area contributed by atoms with Gasteiger partial charge in [-0.05, 0) is 25.7 Å². The Balaban J connectivity index is 0. The summed E-state index contributed by atoms with van der Waals surface area (Å²) < 4.78 is 10.6. The quantitative estimate of drug-likeness (QED) is 0.265. The fraction of sp³-hybridized carbons (Fsp3) is 1.00. The number of aliphatic hydroxyl groups excluding tert-OH is 1. The standard InChI is InChI=1S/C12H26O.C11H24O2/c1-4-6-7-8-9-11-12(13-3)10-5-2;1-3-4-5-6-7-8-11(13-2)9-10-12/h12H,4-11H2,1-3H3;11-12H,3-10H2,1-2H3. The Bertz CT molecular complexity index is 209. The van der Waals surface area contributed by atoms with Gasteiger partial charge in [0.25, 0.3) is 0 Å². The van der Waals surface area contributed by atoms with Crippen molar-refractivity contribution in [2.75, 3.05) is 20.8 Å². The van der Waals surface area contributed by atoms with Crippen LogP contribution in [0.2, 0.25) is 0 Å². The maximum Gasteiger partial charge on any atom is 0.0593 e. The molecule has 0 radical (unpaired) electrons. The average Bonchev–Trinajstić information content (AvgIpc) is 2.66. The predicted octanol–water partition coefficient (Wildman–Crippen LogP) is 6.91. The van der Waals surface area contributed by atoms with Gasteiger partial charge in [0.15, 0.2) is 0 Å². The van der Waals surface area contributed by atoms with E-state index in [0.29, 0.717) is 6.10 Å². The zero-order valence-corrected chi connectivity index (χ0v) is 18.7. The van der Waals surface area contributed by atoms with Crippen molar-refractivity contribution in [2.45, 2.75) is 129 Å². The van der Waals surface area contributed by atoms with Crippen molar-refractivity contribution in [3.8, 4) is 0 Å². The van der Waals surface area contributed by atoms with Crippen molar-refractivity contribution in [1.82, 2.24) is 0 Å². The van der Waals surface area contributed by atoms with E-state index in [2.05, 4.69) is 20.8 Å². The first-order chi connectivity index (χ1) is 12.7. The lowest BCUT2D eigenvalue weighted by atomic mass is 10.1. The molecule has 0 aromatic carbocycles. The second-order valence-electron chi connectivity index (χ2n) is 7.42. The van der Waals surface area contributed by atoms with Crippen LogP contribution in [0.25, 0.3) is 0 Å². The molecule has 0 aromatic heterocycles. The molecule has 26 heavy (non-hydrogen) atoms. The summed E-state index contributed by atoms with van der Waals surface area (Å²) in [5, 5.41) is 8.73. The zero-order valence-electron chi connectivity index (χ0n) is 18.7. The number of aliphatic hydroxyl groups is 1. The second kappa shape index (κ2) is 24.9. The van der Waals surface area contributed by atoms with E-state index in [1.165, 1.54) is 83.5 Å². The molecule has 0 aliphatic rings. The summed E-state index contributed by atoms with van der Waals surface area (Å²) in [6.07, 6.45) is 19.8. The van der Waals surface area contributed by atoms with Gasteiger partial charge < -0.3 is 14.6 Å². The number of unbranched alkanes of at least 4 members (excludes halogenated alkanes) is 8. The van der Waals surface area contributed by atoms with Crippen molar-refractivity contribution >= 4 is 0 Å². The van der Waals surface area contributed by atoms with Crippen LogP contribution >= 0.6 is 0 Å². The molecule has 0 saturated heterocycles. The fourth-order valence-corrected chi connectivity index (χ4v) is 3.18. The van der Waals surface area contributed by atoms with Crippen molar-refractivity contribution in [3.05, 3.63) is 0 Å². The first kappa shape index (κ1) is 28.1. The van der Waals surface area contributed by atoms with E-state index < -0.39 is 0 Å². The maximum absolute atomic E-state index is 8.73. The summed E-state index contributed by atoms with van der Waals surface area (Å²) in [6.45, 7) is 6.95. The Hall–Kier alpha value is -0.120. The van der Waals surface area contributed by atoms with E-state index in [9.17, 15) is 0 Å². The first-order valence-electron chi connectivity index (χ1n) is 11.4. The summed E-state index contributed by atoms with van der Waals surface area (Å²) in [6, 6.07) is 0. The van der Waals surface area contributed by atoms with Gasteiger partial charge in [-0.15, -0.1) is 0 Å². The molecule has 3 nitrogen and oxygen atoms in total. The number of rotatable bonds is 18. The highest BCUT2D eigenvalue weighted by Gasteiger charge is 2.05. The van der Waals surface area contributed by atoms with Crippen LogP contribution in [0.5, 0.6) is 0 Å². The van der Waals surface area contributed by atoms with Crippen LogP contribution in [-0.2, 0) is 9.47 Å². The molecule has 3 heteroatoms. The smallest absolute Gasteiger partial charge is 0.0593 e. The lowest BCUT2D eigenvalue weighted by molar-refractivity contribution is 0.0690. The lowest BCUT2D eigenvalue weighted by Gasteiger charge is -2.13. The van der Waals surface area contributed by atoms with Gasteiger partial charge in [-0.2, -0.15) is 0 Å². The highest BCUT2D eigenvalue weighted by Crippen LogP contribution is 2.12. The minimum Gasteiger partial charge on any atom is -0.396 e. The molecular formula is C23H50O3. The Kier molecular flexibility index (Phi) is 26.9. The third-order valence-electron chi connectivity index (χ3n) is 4.99. The van der Waals surface area contributed by atoms with E-state index in [1.54, 1.807) is 7.11 Å². The normalized spacial score (nSPS) is 13.2. The summed E-state index contributed by atoms with van der Waals surface area (Å²) >= 11 is 0. The predicted molar refractivity (Wildman–Crippen MR) is 115 cm³/mol. The van der Waals surface area contributed by atoms with E-state index >= 15 is 0 Å². The molecule has 1 N–H and O–H groups in total. The summed E-state index contributed by atoms with van der Waals surface area (Å²) in [4.78, 5) is 0. The molecular weight excluding hydrogens is 324 g/mol. The third-order valence-corrected chi connectivity index (χ3v) is 4.99. The van der Waals surface area contributed by atoms with Crippen LogP contribution in [0.1, 0.15) is 117 Å². The molecule has 2 atom stereocenters. The molecule has 0 fully saturated rings. The van der Waals surface area contributed by atoms with Crippen LogP contribution < -0.4 is 0 Å². The van der Waals surface area contributed by atoms with Crippen molar-refractivity contribution in [1.29, 1.82) is 0 Å². The number of methoxy groups -OCH3 is 2. The molecule has 0 bridgehead atoms. The highest BCUT2D eigenvalue weighted by molar-refractivity contribution is 4.58. The lowest BCUT2D eigenvalue weighted by Crippen LogP contribution is -2.12. The van der Waals surface area contributed by atoms with Crippen molar-refractivity contribution in [3.63, 3.8) is 0 Å². The van der Waals surface area contributed by atoms with Gasteiger partial charge in [0.2, 0.25) is 0 Å². The number of ether oxygens (including phenoxy) is 2. The Labute approximate surface area is 165 Å². The molecule has 0 aliphatic carbocycles. The molecule has 0 aliphatic heterocycles. The van der Waals surface area contributed by atoms with Gasteiger partial charge in [0.05, 0.1) is 12.2 Å². The average molecular weight is 375 g/mol. The van der Waals surface area contributed by atoms with Gasteiger partial charge in [-0.25, -0.2) is 0 Å². The molecule has 0 aromatic rings. The SMILES string of the molecule is CCCCCCCC(CCC)OC.CCCCCCCC(CCO)OC. The van der Waals surface area contributed by atoms with Crippen LogP contribution in [-0.4, -0.2) is 38.1 Å². The summed E-state index contributed by atoms with van der Waals surface area (Å²) in [7, 11) is 3.57. The van der Waals surface area contributed by atoms with Crippen molar-refractivity contribution < 1.29 is 14.6 Å². The molecule has 160 valence electrons. The van der Waals surface area contributed by atoms with Crippen LogP contribution in [0.3, 0.4) is 0 Å². The van der Waals surface area contributed by atoms with Crippen molar-refractivity contribution in [2.24, 2.45) is 0 Å². The number of hydrogen-bond donors (Lipinski definition) is 1. The minimum atomic E-state index is 0.244. The second-order valence-corrected chi connectivity index (χ2v) is 7.42.